The summed E-state index contributed by atoms with van der Waals surface area (Å²) in [5, 5.41) is 3.29. The fourth-order valence-corrected chi connectivity index (χ4v) is 5.86. The van der Waals surface area contributed by atoms with E-state index in [1.54, 1.807) is 0 Å². The lowest BCUT2D eigenvalue weighted by Gasteiger charge is -2.60. The molecule has 4 aliphatic rings. The Balaban J connectivity index is 1.68. The molecule has 3 heteroatoms. The Morgan fingerprint density at radius 2 is 1.95 bits per heavy atom. The van der Waals surface area contributed by atoms with Gasteiger partial charge in [-0.3, -0.25) is 4.79 Å². The van der Waals surface area contributed by atoms with Gasteiger partial charge in [0.05, 0.1) is 5.41 Å². The van der Waals surface area contributed by atoms with Gasteiger partial charge in [0.15, 0.2) is 0 Å². The van der Waals surface area contributed by atoms with Crippen LogP contribution < -0.4 is 11.1 Å². The first-order chi connectivity index (χ1) is 9.45. The van der Waals surface area contributed by atoms with E-state index in [4.69, 9.17) is 5.73 Å². The number of hydrogen-bond acceptors (Lipinski definition) is 2. The van der Waals surface area contributed by atoms with Gasteiger partial charge in [0.1, 0.15) is 0 Å². The van der Waals surface area contributed by atoms with Gasteiger partial charge in [-0.25, -0.2) is 0 Å². The lowest BCUT2D eigenvalue weighted by molar-refractivity contribution is -0.155. The third kappa shape index (κ3) is 2.49. The molecule has 20 heavy (non-hydrogen) atoms. The highest BCUT2D eigenvalue weighted by Crippen LogP contribution is 2.65. The van der Waals surface area contributed by atoms with Crippen molar-refractivity contribution in [1.82, 2.24) is 5.32 Å². The van der Waals surface area contributed by atoms with Gasteiger partial charge >= 0.3 is 0 Å². The Bertz CT molecular complexity index is 378. The molecule has 4 rings (SSSR count). The maximum absolute atomic E-state index is 12.9. The standard InChI is InChI=1S/C17H30N2O/c1-12(4-3-5-18)19-15(20)17-9-13-6-14(10-17)8-16(2,7-13)11-17/h12-14H,3-11,18H2,1-2H3,(H,19,20). The minimum Gasteiger partial charge on any atom is -0.353 e. The van der Waals surface area contributed by atoms with E-state index in [-0.39, 0.29) is 11.5 Å². The molecule has 114 valence electrons. The molecule has 3 nitrogen and oxygen atoms in total. The van der Waals surface area contributed by atoms with Gasteiger partial charge in [-0.15, -0.1) is 0 Å². The fourth-order valence-electron chi connectivity index (χ4n) is 5.86. The molecular formula is C17H30N2O. The van der Waals surface area contributed by atoms with Crippen LogP contribution in [0.4, 0.5) is 0 Å². The van der Waals surface area contributed by atoms with Gasteiger partial charge in [0, 0.05) is 6.04 Å². The number of nitrogens with one attached hydrogen (secondary N) is 1. The summed E-state index contributed by atoms with van der Waals surface area (Å²) in [6.07, 6.45) is 9.53. The third-order valence-electron chi connectivity index (χ3n) is 6.05. The summed E-state index contributed by atoms with van der Waals surface area (Å²) in [4.78, 5) is 12.9. The number of rotatable bonds is 5. The molecule has 4 aliphatic carbocycles. The Morgan fingerprint density at radius 1 is 1.30 bits per heavy atom. The van der Waals surface area contributed by atoms with Gasteiger partial charge in [0.2, 0.25) is 5.91 Å². The average molecular weight is 278 g/mol. The van der Waals surface area contributed by atoms with E-state index in [9.17, 15) is 4.79 Å². The Kier molecular flexibility index (Phi) is 3.60. The minimum atomic E-state index is -0.0319. The second kappa shape index (κ2) is 5.01. The van der Waals surface area contributed by atoms with Gasteiger partial charge in [-0.1, -0.05) is 6.92 Å². The Hall–Kier alpha value is -0.570. The molecule has 3 N–H and O–H groups in total. The van der Waals surface area contributed by atoms with Crippen molar-refractivity contribution in [3.63, 3.8) is 0 Å². The van der Waals surface area contributed by atoms with Crippen molar-refractivity contribution < 1.29 is 4.79 Å². The topological polar surface area (TPSA) is 55.1 Å². The van der Waals surface area contributed by atoms with Crippen LogP contribution in [-0.4, -0.2) is 18.5 Å². The normalized spacial score (nSPS) is 43.5. The van der Waals surface area contributed by atoms with Crippen molar-refractivity contribution in [3.05, 3.63) is 0 Å². The molecule has 4 saturated carbocycles. The summed E-state index contributed by atoms with van der Waals surface area (Å²) in [5.41, 5.74) is 5.97. The van der Waals surface area contributed by atoms with Crippen LogP contribution in [0.25, 0.3) is 0 Å². The van der Waals surface area contributed by atoms with Crippen LogP contribution in [0.5, 0.6) is 0 Å². The van der Waals surface area contributed by atoms with E-state index < -0.39 is 0 Å². The van der Waals surface area contributed by atoms with Crippen LogP contribution >= 0.6 is 0 Å². The van der Waals surface area contributed by atoms with Gasteiger partial charge in [0.25, 0.3) is 0 Å². The van der Waals surface area contributed by atoms with Gasteiger partial charge in [-0.05, 0) is 82.1 Å². The molecule has 0 saturated heterocycles. The zero-order chi connectivity index (χ0) is 14.4. The number of carbonyl (C=O) groups is 1. The summed E-state index contributed by atoms with van der Waals surface area (Å²) in [6, 6.07) is 0.270. The number of hydrogen-bond donors (Lipinski definition) is 2. The zero-order valence-corrected chi connectivity index (χ0v) is 13.1. The predicted molar refractivity (Wildman–Crippen MR) is 81.1 cm³/mol. The second-order valence-corrected chi connectivity index (χ2v) is 8.36. The van der Waals surface area contributed by atoms with Crippen LogP contribution in [0, 0.1) is 22.7 Å². The lowest BCUT2D eigenvalue weighted by Crippen LogP contribution is -2.57. The molecule has 3 unspecified atom stereocenters. The molecule has 0 aromatic carbocycles. The van der Waals surface area contributed by atoms with Crippen LogP contribution in [0.3, 0.4) is 0 Å². The maximum Gasteiger partial charge on any atom is 0.226 e. The summed E-state index contributed by atoms with van der Waals surface area (Å²) >= 11 is 0. The first-order valence-electron chi connectivity index (χ1n) is 8.46. The number of nitrogens with two attached hydrogens (primary N) is 1. The molecule has 0 spiro atoms. The van der Waals surface area contributed by atoms with E-state index in [0.29, 0.717) is 17.9 Å². The summed E-state index contributed by atoms with van der Waals surface area (Å²) in [6.45, 7) is 5.26. The van der Waals surface area contributed by atoms with E-state index in [1.165, 1.54) is 19.3 Å². The lowest BCUT2D eigenvalue weighted by atomic mass is 9.44. The molecule has 3 atom stereocenters. The van der Waals surface area contributed by atoms with Gasteiger partial charge < -0.3 is 11.1 Å². The Morgan fingerprint density at radius 3 is 2.50 bits per heavy atom. The van der Waals surface area contributed by atoms with Crippen molar-refractivity contribution in [2.24, 2.45) is 28.4 Å². The van der Waals surface area contributed by atoms with Crippen LogP contribution in [-0.2, 0) is 4.79 Å². The van der Waals surface area contributed by atoms with Gasteiger partial charge in [-0.2, -0.15) is 0 Å². The molecule has 0 aliphatic heterocycles. The van der Waals surface area contributed by atoms with E-state index in [0.717, 1.165) is 43.9 Å². The molecule has 0 aromatic rings. The molecule has 0 radical (unpaired) electrons. The fraction of sp³-hybridized carbons (Fsp3) is 0.941. The maximum atomic E-state index is 12.9. The third-order valence-corrected chi connectivity index (χ3v) is 6.05. The largest absolute Gasteiger partial charge is 0.353 e. The highest BCUT2D eigenvalue weighted by molar-refractivity contribution is 5.83. The number of amides is 1. The van der Waals surface area contributed by atoms with Crippen molar-refractivity contribution in [3.8, 4) is 0 Å². The monoisotopic (exact) mass is 278 g/mol. The molecule has 0 aromatic heterocycles. The van der Waals surface area contributed by atoms with Crippen molar-refractivity contribution in [2.75, 3.05) is 6.54 Å². The Labute approximate surface area is 123 Å². The summed E-state index contributed by atoms with van der Waals surface area (Å²) in [7, 11) is 0. The first kappa shape index (κ1) is 14.4. The molecular weight excluding hydrogens is 248 g/mol. The first-order valence-corrected chi connectivity index (χ1v) is 8.46. The summed E-state index contributed by atoms with van der Waals surface area (Å²) < 4.78 is 0. The molecule has 0 heterocycles. The van der Waals surface area contributed by atoms with E-state index >= 15 is 0 Å². The van der Waals surface area contributed by atoms with E-state index in [2.05, 4.69) is 19.2 Å². The quantitative estimate of drug-likeness (QED) is 0.812. The predicted octanol–water partition coefficient (Wildman–Crippen LogP) is 2.84. The van der Waals surface area contributed by atoms with Crippen LogP contribution in [0.1, 0.15) is 65.2 Å². The second-order valence-electron chi connectivity index (χ2n) is 8.36. The van der Waals surface area contributed by atoms with Crippen LogP contribution in [0.15, 0.2) is 0 Å². The highest BCUT2D eigenvalue weighted by atomic mass is 16.2. The van der Waals surface area contributed by atoms with Crippen molar-refractivity contribution in [1.29, 1.82) is 0 Å². The van der Waals surface area contributed by atoms with Crippen molar-refractivity contribution >= 4 is 5.91 Å². The molecule has 1 amide bonds. The smallest absolute Gasteiger partial charge is 0.226 e. The molecule has 4 bridgehead atoms. The van der Waals surface area contributed by atoms with Crippen molar-refractivity contribution in [2.45, 2.75) is 71.3 Å². The SMILES string of the molecule is CC(CCCN)NC(=O)C12CC3CC(CC(C)(C3)C1)C2. The van der Waals surface area contributed by atoms with E-state index in [1.807, 2.05) is 0 Å². The van der Waals surface area contributed by atoms with Crippen LogP contribution in [0.2, 0.25) is 0 Å². The minimum absolute atomic E-state index is 0.0319. The summed E-state index contributed by atoms with van der Waals surface area (Å²) in [5.74, 6) is 1.97. The number of carbonyl (C=O) groups excluding carboxylic acids is 1. The average Bonchev–Trinajstić information content (AvgIpc) is 2.33. The molecule has 4 fully saturated rings. The highest BCUT2D eigenvalue weighted by Gasteiger charge is 2.58. The zero-order valence-electron chi connectivity index (χ0n) is 13.1.